The van der Waals surface area contributed by atoms with Crippen molar-refractivity contribution in [3.05, 3.63) is 53.3 Å². The maximum absolute atomic E-state index is 13.6. The highest BCUT2D eigenvalue weighted by molar-refractivity contribution is 5.83. The van der Waals surface area contributed by atoms with Gasteiger partial charge in [0.1, 0.15) is 11.5 Å². The van der Waals surface area contributed by atoms with Crippen LogP contribution in [0.15, 0.2) is 46.1 Å². The van der Waals surface area contributed by atoms with Crippen LogP contribution < -0.4 is 0 Å². The number of unbranched alkanes of at least 4 members (excludes halogenated alkanes) is 1. The summed E-state index contributed by atoms with van der Waals surface area (Å²) in [6, 6.07) is 0. The summed E-state index contributed by atoms with van der Waals surface area (Å²) in [6.07, 6.45) is 21.0. The number of hydrogen-bond acceptors (Lipinski definition) is 5. The summed E-state index contributed by atoms with van der Waals surface area (Å²) in [4.78, 5) is 18.3. The van der Waals surface area contributed by atoms with Crippen LogP contribution in [-0.2, 0) is 16.6 Å². The number of fused-ring (bicyclic) bond motifs is 1. The zero-order valence-corrected chi connectivity index (χ0v) is 27.4. The van der Waals surface area contributed by atoms with E-state index in [4.69, 9.17) is 9.40 Å². The van der Waals surface area contributed by atoms with Crippen LogP contribution >= 0.6 is 0 Å². The van der Waals surface area contributed by atoms with Crippen LogP contribution in [0.4, 0.5) is 0 Å². The first-order chi connectivity index (χ1) is 20.6. The topological polar surface area (TPSA) is 83.6 Å². The summed E-state index contributed by atoms with van der Waals surface area (Å²) in [6.45, 7) is 13.4. The zero-order valence-electron chi connectivity index (χ0n) is 27.4. The van der Waals surface area contributed by atoms with Gasteiger partial charge >= 0.3 is 0 Å². The Balaban J connectivity index is 1.28. The number of aliphatic hydroxyl groups excluding tert-OH is 2. The molecule has 0 aliphatic heterocycles. The molecule has 0 saturated heterocycles. The second-order valence-corrected chi connectivity index (χ2v) is 14.9. The number of rotatable bonds is 13. The molecule has 0 radical (unpaired) electrons. The molecule has 1 aromatic heterocycles. The molecule has 5 nitrogen and oxygen atoms in total. The van der Waals surface area contributed by atoms with E-state index in [1.54, 1.807) is 0 Å². The Hall–Kier alpha value is -1.98. The van der Waals surface area contributed by atoms with Crippen LogP contribution in [0.1, 0.15) is 136 Å². The van der Waals surface area contributed by atoms with Gasteiger partial charge < -0.3 is 14.6 Å². The third-order valence-electron chi connectivity index (χ3n) is 12.0. The average Bonchev–Trinajstić information content (AvgIpc) is 3.47. The van der Waals surface area contributed by atoms with Gasteiger partial charge in [0.25, 0.3) is 0 Å². The Morgan fingerprint density at radius 2 is 1.95 bits per heavy atom. The van der Waals surface area contributed by atoms with Crippen LogP contribution in [0.5, 0.6) is 0 Å². The molecule has 0 spiro atoms. The normalized spacial score (nSPS) is 33.5. The lowest BCUT2D eigenvalue weighted by atomic mass is 9.60. The Morgan fingerprint density at radius 3 is 2.67 bits per heavy atom. The fourth-order valence-corrected chi connectivity index (χ4v) is 9.33. The highest BCUT2D eigenvalue weighted by Gasteiger charge is 2.57. The Morgan fingerprint density at radius 1 is 1.16 bits per heavy atom. The number of nitrogens with zero attached hydrogens (tertiary/aromatic N) is 1. The Bertz CT molecular complexity index is 1200. The van der Waals surface area contributed by atoms with Crippen molar-refractivity contribution in [3.63, 3.8) is 0 Å². The molecular formula is C38H57NO4. The van der Waals surface area contributed by atoms with Crippen molar-refractivity contribution < 1.29 is 19.4 Å². The fourth-order valence-electron chi connectivity index (χ4n) is 9.33. The summed E-state index contributed by atoms with van der Waals surface area (Å²) >= 11 is 0. The number of ketones is 1. The van der Waals surface area contributed by atoms with Crippen molar-refractivity contribution in [1.29, 1.82) is 0 Å². The number of allylic oxidation sites excluding steroid dienone is 3. The minimum absolute atomic E-state index is 0.0142. The lowest BCUT2D eigenvalue weighted by Gasteiger charge is -2.44. The van der Waals surface area contributed by atoms with Crippen molar-refractivity contribution in [2.45, 2.75) is 148 Å². The van der Waals surface area contributed by atoms with E-state index in [9.17, 15) is 15.0 Å². The smallest absolute Gasteiger partial charge is 0.201 e. The minimum Gasteiger partial charge on any atom is -0.445 e. The number of carbonyl (C=O) groups is 1. The first-order valence-corrected chi connectivity index (χ1v) is 17.6. The van der Waals surface area contributed by atoms with Crippen molar-refractivity contribution in [1.82, 2.24) is 4.98 Å². The van der Waals surface area contributed by atoms with Crippen LogP contribution in [0.3, 0.4) is 0 Å². The summed E-state index contributed by atoms with van der Waals surface area (Å²) in [5.41, 5.74) is 3.39. The van der Waals surface area contributed by atoms with Crippen LogP contribution in [0.2, 0.25) is 0 Å². The van der Waals surface area contributed by atoms with Crippen LogP contribution in [0.25, 0.3) is 0 Å². The molecule has 0 aromatic carbocycles. The van der Waals surface area contributed by atoms with Crippen LogP contribution in [-0.4, -0.2) is 33.2 Å². The predicted molar refractivity (Wildman–Crippen MR) is 173 cm³/mol. The number of carbonyl (C=O) groups excluding carboxylic acids is 1. The van der Waals surface area contributed by atoms with Crippen molar-refractivity contribution >= 4 is 5.78 Å². The van der Waals surface area contributed by atoms with E-state index in [0.29, 0.717) is 42.8 Å². The molecule has 1 heterocycles. The minimum atomic E-state index is -0.642. The van der Waals surface area contributed by atoms with E-state index < -0.39 is 12.2 Å². The van der Waals surface area contributed by atoms with Gasteiger partial charge in [-0.1, -0.05) is 58.4 Å². The van der Waals surface area contributed by atoms with Gasteiger partial charge in [-0.05, 0) is 111 Å². The summed E-state index contributed by atoms with van der Waals surface area (Å²) in [5.74, 6) is 4.02. The van der Waals surface area contributed by atoms with Crippen LogP contribution in [0, 0.1) is 29.1 Å². The van der Waals surface area contributed by atoms with Gasteiger partial charge in [0, 0.05) is 25.2 Å². The van der Waals surface area contributed by atoms with E-state index in [2.05, 4.69) is 46.4 Å². The number of aryl methyl sites for hydroxylation is 1. The highest BCUT2D eigenvalue weighted by atomic mass is 16.4. The largest absolute Gasteiger partial charge is 0.445 e. The van der Waals surface area contributed by atoms with Crippen molar-refractivity contribution in [3.8, 4) is 0 Å². The summed E-state index contributed by atoms with van der Waals surface area (Å²) in [7, 11) is 0. The lowest BCUT2D eigenvalue weighted by Crippen LogP contribution is -2.36. The molecule has 5 rings (SSSR count). The molecule has 1 aromatic rings. The molecule has 7 atom stereocenters. The molecule has 4 saturated carbocycles. The maximum atomic E-state index is 13.6. The molecule has 43 heavy (non-hydrogen) atoms. The molecule has 4 aliphatic rings. The predicted octanol–water partition coefficient (Wildman–Crippen LogP) is 8.59. The molecule has 0 amide bonds. The third kappa shape index (κ3) is 6.69. The van der Waals surface area contributed by atoms with Gasteiger partial charge in [-0.3, -0.25) is 4.79 Å². The summed E-state index contributed by atoms with van der Waals surface area (Å²) < 4.78 is 6.31. The monoisotopic (exact) mass is 591 g/mol. The van der Waals surface area contributed by atoms with Gasteiger partial charge in [0.2, 0.25) is 5.89 Å². The molecule has 0 unspecified atom stereocenters. The van der Waals surface area contributed by atoms with Gasteiger partial charge in [-0.25, -0.2) is 4.98 Å². The van der Waals surface area contributed by atoms with Crippen molar-refractivity contribution in [2.75, 3.05) is 0 Å². The number of oxazole rings is 1. The molecule has 4 fully saturated rings. The highest BCUT2D eigenvalue weighted by Crippen LogP contribution is 2.61. The van der Waals surface area contributed by atoms with E-state index in [1.165, 1.54) is 31.3 Å². The summed E-state index contributed by atoms with van der Waals surface area (Å²) in [5, 5.41) is 20.5. The lowest BCUT2D eigenvalue weighted by molar-refractivity contribution is -0.124. The Labute approximate surface area is 260 Å². The first kappa shape index (κ1) is 32.4. The van der Waals surface area contributed by atoms with Gasteiger partial charge in [0.15, 0.2) is 0 Å². The quantitative estimate of drug-likeness (QED) is 0.240. The van der Waals surface area contributed by atoms with E-state index in [-0.39, 0.29) is 16.7 Å². The number of aromatic nitrogens is 1. The van der Waals surface area contributed by atoms with Gasteiger partial charge in [-0.2, -0.15) is 0 Å². The van der Waals surface area contributed by atoms with Gasteiger partial charge in [0.05, 0.1) is 23.8 Å². The second kappa shape index (κ2) is 13.6. The average molecular weight is 592 g/mol. The van der Waals surface area contributed by atoms with Gasteiger partial charge in [-0.15, -0.1) is 0 Å². The zero-order chi connectivity index (χ0) is 30.8. The fraction of sp³-hybridized carbons (Fsp3) is 0.737. The first-order valence-electron chi connectivity index (χ1n) is 17.6. The third-order valence-corrected chi connectivity index (χ3v) is 12.0. The second-order valence-electron chi connectivity index (χ2n) is 14.9. The van der Waals surface area contributed by atoms with E-state index in [1.807, 2.05) is 6.20 Å². The maximum Gasteiger partial charge on any atom is 0.201 e. The van der Waals surface area contributed by atoms with Crippen molar-refractivity contribution in [2.24, 2.45) is 29.1 Å². The van der Waals surface area contributed by atoms with E-state index >= 15 is 0 Å². The molecule has 0 bridgehead atoms. The van der Waals surface area contributed by atoms with E-state index in [0.717, 1.165) is 80.6 Å². The Kier molecular flexibility index (Phi) is 10.2. The number of aliphatic hydroxyl groups is 2. The standard InChI is InChI=1S/C38H57NO4/c1-6-8-12-30-24-39-36(43-30)38(20-21-38)33(34(41)10-7-2)16-13-25(3)31-17-18-32-27(11-9-19-37(31,32)5)14-15-28-22-29(40)23-35(42)26(28)4/h14-15,24-25,29,31-33,35,40,42H,4,6-13,16-23H2,1-3,5H3/t25-,29-,31-,32+,33-,35+,37-/m1/s1. The molecular weight excluding hydrogens is 534 g/mol. The SMILES string of the molecule is C=C1C(=CC=C2CCC[C@]3(C)[C@@H]([C@H](C)CC[C@H](C(=O)CCC)C4(c5ncc(CCCC)o5)CC4)CC[C@@H]23)C[C@@H](O)C[C@@H]1O. The molecule has 5 heteroatoms. The number of Topliss-reactive ketones (excluding diaryl/α,β-unsaturated/α-hetero) is 1. The molecule has 4 aliphatic carbocycles. The number of hydrogen-bond donors (Lipinski definition) is 2. The molecule has 2 N–H and O–H groups in total. The molecule has 238 valence electrons.